The molecule has 5 heteroatoms. The van der Waals surface area contributed by atoms with Gasteiger partial charge in [-0.15, -0.1) is 0 Å². The monoisotopic (exact) mass is 324 g/mol. The molecule has 2 aromatic rings. The fourth-order valence-electron chi connectivity index (χ4n) is 1.90. The summed E-state index contributed by atoms with van der Waals surface area (Å²) in [7, 11) is 0. The van der Waals surface area contributed by atoms with Crippen LogP contribution in [0.1, 0.15) is 31.9 Å². The van der Waals surface area contributed by atoms with E-state index in [-0.39, 0.29) is 6.04 Å². The minimum Gasteiger partial charge on any atom is -0.437 e. The first-order valence-corrected chi connectivity index (χ1v) is 7.68. The van der Waals surface area contributed by atoms with Crippen LogP contribution in [-0.2, 0) is 0 Å². The highest BCUT2D eigenvalue weighted by molar-refractivity contribution is 6.35. The topological polar surface area (TPSA) is 34.2 Å². The zero-order valence-corrected chi connectivity index (χ0v) is 13.6. The molecule has 21 heavy (non-hydrogen) atoms. The Kier molecular flexibility index (Phi) is 5.85. The Bertz CT molecular complexity index is 605. The third-order valence-electron chi connectivity index (χ3n) is 3.07. The maximum Gasteiger partial charge on any atom is 0.219 e. The lowest BCUT2D eigenvalue weighted by molar-refractivity contribution is 0.460. The summed E-state index contributed by atoms with van der Waals surface area (Å²) in [6.45, 7) is 5.23. The number of hydrogen-bond acceptors (Lipinski definition) is 3. The van der Waals surface area contributed by atoms with Crippen molar-refractivity contribution in [1.82, 2.24) is 10.3 Å². The minimum atomic E-state index is 0.246. The van der Waals surface area contributed by atoms with E-state index in [0.717, 1.165) is 18.5 Å². The van der Waals surface area contributed by atoms with Crippen LogP contribution in [0.25, 0.3) is 0 Å². The highest BCUT2D eigenvalue weighted by Gasteiger charge is 2.08. The summed E-state index contributed by atoms with van der Waals surface area (Å²) in [5.74, 6) is 1.06. The Morgan fingerprint density at radius 1 is 1.24 bits per heavy atom. The molecule has 0 amide bonds. The molecule has 2 rings (SSSR count). The van der Waals surface area contributed by atoms with Crippen LogP contribution in [0.2, 0.25) is 10.0 Å². The van der Waals surface area contributed by atoms with Gasteiger partial charge in [-0.3, -0.25) is 0 Å². The fraction of sp³-hybridized carbons (Fsp3) is 0.312. The van der Waals surface area contributed by atoms with E-state index in [0.29, 0.717) is 21.7 Å². The van der Waals surface area contributed by atoms with E-state index in [1.807, 2.05) is 12.1 Å². The fourth-order valence-corrected chi connectivity index (χ4v) is 2.35. The molecule has 1 aromatic carbocycles. The Hall–Kier alpha value is -1.29. The quantitative estimate of drug-likeness (QED) is 0.788. The van der Waals surface area contributed by atoms with Crippen molar-refractivity contribution in [2.24, 2.45) is 0 Å². The second-order valence-electron chi connectivity index (χ2n) is 4.78. The van der Waals surface area contributed by atoms with E-state index in [1.165, 1.54) is 0 Å². The lowest BCUT2D eigenvalue weighted by Gasteiger charge is -2.14. The van der Waals surface area contributed by atoms with Gasteiger partial charge in [-0.1, -0.05) is 30.1 Å². The number of benzene rings is 1. The molecule has 0 fully saturated rings. The molecular weight excluding hydrogens is 307 g/mol. The average molecular weight is 325 g/mol. The first-order valence-electron chi connectivity index (χ1n) is 6.92. The molecule has 0 aliphatic carbocycles. The van der Waals surface area contributed by atoms with Gasteiger partial charge in [0.15, 0.2) is 0 Å². The van der Waals surface area contributed by atoms with Crippen LogP contribution in [0.5, 0.6) is 11.6 Å². The van der Waals surface area contributed by atoms with E-state index < -0.39 is 0 Å². The van der Waals surface area contributed by atoms with Crippen LogP contribution < -0.4 is 10.1 Å². The zero-order valence-electron chi connectivity index (χ0n) is 12.1. The zero-order chi connectivity index (χ0) is 15.2. The number of halogens is 2. The van der Waals surface area contributed by atoms with E-state index in [2.05, 4.69) is 24.1 Å². The molecule has 3 nitrogen and oxygen atoms in total. The van der Waals surface area contributed by atoms with Gasteiger partial charge in [0, 0.05) is 23.3 Å². The van der Waals surface area contributed by atoms with Crippen LogP contribution in [0.15, 0.2) is 36.5 Å². The van der Waals surface area contributed by atoms with Crippen LogP contribution in [0, 0.1) is 0 Å². The Labute approximate surface area is 135 Å². The number of pyridine rings is 1. The number of rotatable bonds is 6. The van der Waals surface area contributed by atoms with Gasteiger partial charge in [-0.05, 0) is 49.7 Å². The first-order chi connectivity index (χ1) is 10.1. The van der Waals surface area contributed by atoms with Gasteiger partial charge in [-0.25, -0.2) is 4.98 Å². The summed E-state index contributed by atoms with van der Waals surface area (Å²) in [5.41, 5.74) is 1.12. The summed E-state index contributed by atoms with van der Waals surface area (Å²) in [5, 5.41) is 4.47. The minimum absolute atomic E-state index is 0.246. The normalized spacial score (nSPS) is 12.2. The molecule has 0 saturated heterocycles. The van der Waals surface area contributed by atoms with Gasteiger partial charge in [0.1, 0.15) is 5.75 Å². The van der Waals surface area contributed by atoms with Crippen molar-refractivity contribution in [1.29, 1.82) is 0 Å². The lowest BCUT2D eigenvalue weighted by Crippen LogP contribution is -2.19. The lowest BCUT2D eigenvalue weighted by atomic mass is 10.1. The number of nitrogens with zero attached hydrogens (tertiary/aromatic N) is 1. The van der Waals surface area contributed by atoms with Crippen molar-refractivity contribution in [3.8, 4) is 11.6 Å². The third kappa shape index (κ3) is 4.60. The van der Waals surface area contributed by atoms with Crippen molar-refractivity contribution in [2.45, 2.75) is 26.3 Å². The molecule has 112 valence electrons. The first kappa shape index (κ1) is 16.1. The molecule has 0 radical (unpaired) electrons. The standard InChI is InChI=1S/C16H18Cl2N2O/c1-3-7-19-11(2)12-6-8-20-16(9-12)21-15-5-4-13(17)10-14(15)18/h4-6,8-11,19H,3,7H2,1-2H3. The molecule has 0 aliphatic heterocycles. The summed E-state index contributed by atoms with van der Waals surface area (Å²) in [4.78, 5) is 4.22. The van der Waals surface area contributed by atoms with Crippen molar-refractivity contribution >= 4 is 23.2 Å². The predicted octanol–water partition coefficient (Wildman–Crippen LogP) is 5.24. The van der Waals surface area contributed by atoms with Crippen LogP contribution in [-0.4, -0.2) is 11.5 Å². The smallest absolute Gasteiger partial charge is 0.219 e. The SMILES string of the molecule is CCCNC(C)c1ccnc(Oc2ccc(Cl)cc2Cl)c1. The van der Waals surface area contributed by atoms with Gasteiger partial charge in [0.05, 0.1) is 5.02 Å². The Balaban J connectivity index is 2.13. The highest BCUT2D eigenvalue weighted by Crippen LogP contribution is 2.31. The van der Waals surface area contributed by atoms with Gasteiger partial charge in [-0.2, -0.15) is 0 Å². The molecule has 1 heterocycles. The number of aromatic nitrogens is 1. The molecule has 1 atom stereocenters. The molecular formula is C16H18Cl2N2O. The second kappa shape index (κ2) is 7.64. The molecule has 1 unspecified atom stereocenters. The Morgan fingerprint density at radius 2 is 2.05 bits per heavy atom. The van der Waals surface area contributed by atoms with Crippen molar-refractivity contribution < 1.29 is 4.74 Å². The number of nitrogens with one attached hydrogen (secondary N) is 1. The third-order valence-corrected chi connectivity index (χ3v) is 3.60. The summed E-state index contributed by atoms with van der Waals surface area (Å²) < 4.78 is 5.73. The summed E-state index contributed by atoms with van der Waals surface area (Å²) in [6, 6.07) is 9.25. The largest absolute Gasteiger partial charge is 0.437 e. The second-order valence-corrected chi connectivity index (χ2v) is 5.62. The molecule has 0 saturated carbocycles. The van der Waals surface area contributed by atoms with E-state index in [9.17, 15) is 0 Å². The molecule has 0 aliphatic rings. The molecule has 1 N–H and O–H groups in total. The van der Waals surface area contributed by atoms with Crippen molar-refractivity contribution in [3.05, 3.63) is 52.1 Å². The van der Waals surface area contributed by atoms with Crippen molar-refractivity contribution in [3.63, 3.8) is 0 Å². The van der Waals surface area contributed by atoms with E-state index >= 15 is 0 Å². The van der Waals surface area contributed by atoms with Crippen LogP contribution in [0.3, 0.4) is 0 Å². The highest BCUT2D eigenvalue weighted by atomic mass is 35.5. The maximum atomic E-state index is 6.10. The number of ether oxygens (including phenoxy) is 1. The van der Waals surface area contributed by atoms with Gasteiger partial charge in [0.25, 0.3) is 0 Å². The van der Waals surface area contributed by atoms with E-state index in [1.54, 1.807) is 24.4 Å². The average Bonchev–Trinajstić information content (AvgIpc) is 2.48. The molecule has 1 aromatic heterocycles. The van der Waals surface area contributed by atoms with Crippen LogP contribution in [0.4, 0.5) is 0 Å². The van der Waals surface area contributed by atoms with Gasteiger partial charge >= 0.3 is 0 Å². The molecule has 0 spiro atoms. The maximum absolute atomic E-state index is 6.10. The summed E-state index contributed by atoms with van der Waals surface area (Å²) >= 11 is 12.0. The van der Waals surface area contributed by atoms with Gasteiger partial charge < -0.3 is 10.1 Å². The number of hydrogen-bond donors (Lipinski definition) is 1. The van der Waals surface area contributed by atoms with Crippen molar-refractivity contribution in [2.75, 3.05) is 6.54 Å². The molecule has 0 bridgehead atoms. The van der Waals surface area contributed by atoms with E-state index in [4.69, 9.17) is 27.9 Å². The Morgan fingerprint density at radius 3 is 2.76 bits per heavy atom. The van der Waals surface area contributed by atoms with Crippen LogP contribution >= 0.6 is 23.2 Å². The van der Waals surface area contributed by atoms with Gasteiger partial charge in [0.2, 0.25) is 5.88 Å². The predicted molar refractivity (Wildman–Crippen MR) is 87.5 cm³/mol. The summed E-state index contributed by atoms with van der Waals surface area (Å²) in [6.07, 6.45) is 2.83.